The minimum absolute atomic E-state index is 0.0169. The number of amides is 1. The summed E-state index contributed by atoms with van der Waals surface area (Å²) in [7, 11) is 0. The van der Waals surface area contributed by atoms with E-state index in [2.05, 4.69) is 17.2 Å². The summed E-state index contributed by atoms with van der Waals surface area (Å²) < 4.78 is 0. The number of fused-ring (bicyclic) bond motifs is 1. The Labute approximate surface area is 95.6 Å². The van der Waals surface area contributed by atoms with Crippen molar-refractivity contribution in [3.05, 3.63) is 23.3 Å². The smallest absolute Gasteiger partial charge is 0.232 e. The molecule has 1 aliphatic rings. The molecule has 3 heteroatoms. The molecule has 3 nitrogen and oxygen atoms in total. The van der Waals surface area contributed by atoms with Gasteiger partial charge in [-0.1, -0.05) is 0 Å². The van der Waals surface area contributed by atoms with Crippen LogP contribution in [0.3, 0.4) is 0 Å². The Morgan fingerprint density at radius 1 is 1.19 bits per heavy atom. The Balaban J connectivity index is 2.59. The van der Waals surface area contributed by atoms with Crippen molar-refractivity contribution in [2.24, 2.45) is 10.9 Å². The van der Waals surface area contributed by atoms with Gasteiger partial charge in [-0.25, -0.2) is 0 Å². The van der Waals surface area contributed by atoms with Crippen LogP contribution >= 0.6 is 0 Å². The topological polar surface area (TPSA) is 41.5 Å². The molecule has 0 bridgehead atoms. The quantitative estimate of drug-likeness (QED) is 0.711. The number of benzene rings is 1. The third-order valence-electron chi connectivity index (χ3n) is 3.19. The Morgan fingerprint density at radius 2 is 1.81 bits per heavy atom. The van der Waals surface area contributed by atoms with Gasteiger partial charge in [0.1, 0.15) is 0 Å². The number of anilines is 1. The van der Waals surface area contributed by atoms with Gasteiger partial charge in [-0.15, -0.1) is 0 Å². The van der Waals surface area contributed by atoms with Gasteiger partial charge >= 0.3 is 0 Å². The van der Waals surface area contributed by atoms with Crippen LogP contribution < -0.4 is 5.32 Å². The maximum absolute atomic E-state index is 11.8. The van der Waals surface area contributed by atoms with Crippen LogP contribution in [0, 0.1) is 19.8 Å². The lowest BCUT2D eigenvalue weighted by Crippen LogP contribution is -2.23. The van der Waals surface area contributed by atoms with Crippen molar-refractivity contribution in [1.82, 2.24) is 0 Å². The molecule has 1 aromatic rings. The number of carbonyl (C=O) groups excluding carboxylic acids is 1. The molecule has 0 aromatic heterocycles. The molecule has 1 N–H and O–H groups in total. The Kier molecular flexibility index (Phi) is 2.54. The lowest BCUT2D eigenvalue weighted by molar-refractivity contribution is -0.117. The molecular formula is C13H16N2O. The molecule has 1 unspecified atom stereocenters. The van der Waals surface area contributed by atoms with Crippen LogP contribution in [-0.4, -0.2) is 11.6 Å². The van der Waals surface area contributed by atoms with Gasteiger partial charge in [0.15, 0.2) is 0 Å². The van der Waals surface area contributed by atoms with E-state index in [0.29, 0.717) is 0 Å². The molecule has 16 heavy (non-hydrogen) atoms. The summed E-state index contributed by atoms with van der Waals surface area (Å²) in [6.07, 6.45) is 0. The zero-order valence-corrected chi connectivity index (χ0v) is 10.1. The predicted octanol–water partition coefficient (Wildman–Crippen LogP) is 2.98. The van der Waals surface area contributed by atoms with Crippen LogP contribution in [0.4, 0.5) is 11.4 Å². The monoisotopic (exact) mass is 216 g/mol. The molecule has 2 rings (SSSR count). The molecule has 1 aliphatic heterocycles. The maximum atomic E-state index is 11.8. The van der Waals surface area contributed by atoms with E-state index in [1.54, 1.807) is 0 Å². The molecule has 0 radical (unpaired) electrons. The molecule has 0 spiro atoms. The fourth-order valence-corrected chi connectivity index (χ4v) is 1.71. The van der Waals surface area contributed by atoms with Crippen LogP contribution in [-0.2, 0) is 4.79 Å². The highest BCUT2D eigenvalue weighted by Crippen LogP contribution is 2.31. The first-order valence-corrected chi connectivity index (χ1v) is 5.46. The van der Waals surface area contributed by atoms with E-state index in [1.165, 1.54) is 11.1 Å². The van der Waals surface area contributed by atoms with Crippen molar-refractivity contribution in [2.75, 3.05) is 5.32 Å². The molecule has 1 atom stereocenters. The summed E-state index contributed by atoms with van der Waals surface area (Å²) in [6, 6.07) is 4.00. The van der Waals surface area contributed by atoms with Crippen molar-refractivity contribution in [1.29, 1.82) is 0 Å². The number of aliphatic imine (C=N–C) groups is 1. The summed E-state index contributed by atoms with van der Waals surface area (Å²) in [4.78, 5) is 16.3. The maximum Gasteiger partial charge on any atom is 0.232 e. The van der Waals surface area contributed by atoms with E-state index in [-0.39, 0.29) is 11.8 Å². The second kappa shape index (κ2) is 3.74. The summed E-state index contributed by atoms with van der Waals surface area (Å²) in [5.41, 5.74) is 4.90. The molecular weight excluding hydrogens is 200 g/mol. The van der Waals surface area contributed by atoms with Gasteiger partial charge in [-0.05, 0) is 51.0 Å². The third-order valence-corrected chi connectivity index (χ3v) is 3.19. The minimum Gasteiger partial charge on any atom is -0.324 e. The van der Waals surface area contributed by atoms with Crippen molar-refractivity contribution >= 4 is 23.0 Å². The summed E-state index contributed by atoms with van der Waals surface area (Å²) >= 11 is 0. The van der Waals surface area contributed by atoms with E-state index in [9.17, 15) is 4.79 Å². The fourth-order valence-electron chi connectivity index (χ4n) is 1.71. The Hall–Kier alpha value is -1.64. The Bertz CT molecular complexity index is 489. The van der Waals surface area contributed by atoms with Gasteiger partial charge in [0, 0.05) is 5.71 Å². The number of hydrogen-bond acceptors (Lipinski definition) is 2. The van der Waals surface area contributed by atoms with E-state index < -0.39 is 0 Å². The number of carbonyl (C=O) groups is 1. The van der Waals surface area contributed by atoms with Crippen molar-refractivity contribution in [2.45, 2.75) is 27.7 Å². The zero-order chi connectivity index (χ0) is 11.9. The zero-order valence-electron chi connectivity index (χ0n) is 10.1. The lowest BCUT2D eigenvalue weighted by atomic mass is 10.1. The first kappa shape index (κ1) is 10.9. The van der Waals surface area contributed by atoms with Crippen LogP contribution in [0.15, 0.2) is 17.1 Å². The summed E-state index contributed by atoms with van der Waals surface area (Å²) in [5.74, 6) is -0.142. The molecule has 84 valence electrons. The highest BCUT2D eigenvalue weighted by atomic mass is 16.1. The number of nitrogens with one attached hydrogen (secondary N) is 1. The molecule has 0 aliphatic carbocycles. The van der Waals surface area contributed by atoms with Gasteiger partial charge in [0.25, 0.3) is 0 Å². The number of nitrogens with zero attached hydrogens (tertiary/aromatic N) is 1. The summed E-state index contributed by atoms with van der Waals surface area (Å²) in [6.45, 7) is 7.86. The number of rotatable bonds is 0. The first-order valence-electron chi connectivity index (χ1n) is 5.46. The number of aryl methyl sites for hydroxylation is 2. The van der Waals surface area contributed by atoms with E-state index in [1.807, 2.05) is 32.9 Å². The molecule has 0 fully saturated rings. The van der Waals surface area contributed by atoms with Crippen molar-refractivity contribution in [3.63, 3.8) is 0 Å². The molecule has 1 aromatic carbocycles. The third kappa shape index (κ3) is 1.73. The van der Waals surface area contributed by atoms with Crippen LogP contribution in [0.1, 0.15) is 25.0 Å². The normalized spacial score (nSPS) is 19.6. The largest absolute Gasteiger partial charge is 0.324 e. The van der Waals surface area contributed by atoms with Gasteiger partial charge in [-0.3, -0.25) is 9.79 Å². The molecule has 0 saturated heterocycles. The molecule has 1 heterocycles. The average molecular weight is 216 g/mol. The van der Waals surface area contributed by atoms with E-state index in [4.69, 9.17) is 0 Å². The second-order valence-corrected chi connectivity index (χ2v) is 4.42. The second-order valence-electron chi connectivity index (χ2n) is 4.42. The van der Waals surface area contributed by atoms with E-state index in [0.717, 1.165) is 17.1 Å². The highest BCUT2D eigenvalue weighted by molar-refractivity contribution is 6.12. The number of hydrogen-bond donors (Lipinski definition) is 1. The standard InChI is InChI=1S/C13H16N2O/c1-7-5-11-12(6-8(7)2)15-13(16)9(3)10(4)14-11/h5-6,9H,1-4H3,(H,15,16). The van der Waals surface area contributed by atoms with Crippen molar-refractivity contribution < 1.29 is 4.79 Å². The van der Waals surface area contributed by atoms with E-state index >= 15 is 0 Å². The lowest BCUT2D eigenvalue weighted by Gasteiger charge is -2.09. The SMILES string of the molecule is CC1=Nc2cc(C)c(C)cc2NC(=O)C1C. The average Bonchev–Trinajstić information content (AvgIpc) is 2.31. The highest BCUT2D eigenvalue weighted by Gasteiger charge is 2.21. The van der Waals surface area contributed by atoms with Gasteiger partial charge < -0.3 is 5.32 Å². The van der Waals surface area contributed by atoms with Gasteiger partial charge in [0.05, 0.1) is 17.3 Å². The molecule has 1 amide bonds. The van der Waals surface area contributed by atoms with Crippen LogP contribution in [0.2, 0.25) is 0 Å². The summed E-state index contributed by atoms with van der Waals surface area (Å²) in [5, 5.41) is 2.92. The Morgan fingerprint density at radius 3 is 2.50 bits per heavy atom. The van der Waals surface area contributed by atoms with Crippen molar-refractivity contribution in [3.8, 4) is 0 Å². The predicted molar refractivity (Wildman–Crippen MR) is 66.5 cm³/mol. The van der Waals surface area contributed by atoms with Crippen LogP contribution in [0.5, 0.6) is 0 Å². The first-order chi connectivity index (χ1) is 7.49. The van der Waals surface area contributed by atoms with Gasteiger partial charge in [-0.2, -0.15) is 0 Å². The molecule has 0 saturated carbocycles. The van der Waals surface area contributed by atoms with Gasteiger partial charge in [0.2, 0.25) is 5.91 Å². The van der Waals surface area contributed by atoms with Crippen LogP contribution in [0.25, 0.3) is 0 Å². The fraction of sp³-hybridized carbons (Fsp3) is 0.385. The minimum atomic E-state index is -0.159.